The molecule has 0 saturated carbocycles. The molecule has 0 fully saturated rings. The second-order valence-electron chi connectivity index (χ2n) is 8.93. The Bertz CT molecular complexity index is 1580. The van der Waals surface area contributed by atoms with Crippen LogP contribution in [-0.2, 0) is 4.79 Å². The van der Waals surface area contributed by atoms with E-state index < -0.39 is 0 Å². The largest absolute Gasteiger partial charge is 0.310 e. The lowest BCUT2D eigenvalue weighted by Gasteiger charge is -2.21. The minimum absolute atomic E-state index is 0.226. The molecule has 38 heavy (non-hydrogen) atoms. The van der Waals surface area contributed by atoms with Crippen LogP contribution in [0.5, 0.6) is 0 Å². The normalized spacial score (nSPS) is 12.4. The first kappa shape index (κ1) is 27.9. The summed E-state index contributed by atoms with van der Waals surface area (Å²) >= 11 is 0. The quantitative estimate of drug-likeness (QED) is 0.223. The molecule has 2 aromatic heterocycles. The molecular formula is C33H33N3O2. The van der Waals surface area contributed by atoms with Crippen LogP contribution in [0.1, 0.15) is 33.3 Å². The van der Waals surface area contributed by atoms with Crippen LogP contribution in [-0.4, -0.2) is 26.9 Å². The number of allylic oxidation sites excluding steroid dienone is 9. The summed E-state index contributed by atoms with van der Waals surface area (Å²) in [7, 11) is 0. The number of aromatic nitrogens is 2. The molecular weight excluding hydrogens is 470 g/mol. The number of hydrogen-bond donors (Lipinski definition) is 0. The van der Waals surface area contributed by atoms with Crippen molar-refractivity contribution in [3.8, 4) is 0 Å². The Morgan fingerprint density at radius 1 is 1.21 bits per heavy atom. The highest BCUT2D eigenvalue weighted by Gasteiger charge is 2.15. The molecule has 3 rings (SSSR count). The molecule has 0 radical (unpaired) electrons. The summed E-state index contributed by atoms with van der Waals surface area (Å²) in [5.74, 6) is -0.0410. The van der Waals surface area contributed by atoms with E-state index in [9.17, 15) is 9.59 Å². The predicted molar refractivity (Wildman–Crippen MR) is 159 cm³/mol. The van der Waals surface area contributed by atoms with Crippen LogP contribution in [0, 0.1) is 18.1 Å². The van der Waals surface area contributed by atoms with E-state index in [1.165, 1.54) is 11.0 Å². The lowest BCUT2D eigenvalue weighted by Crippen LogP contribution is -2.27. The summed E-state index contributed by atoms with van der Waals surface area (Å²) in [4.78, 5) is 31.9. The molecule has 0 N–H and O–H groups in total. The van der Waals surface area contributed by atoms with E-state index in [0.717, 1.165) is 22.0 Å². The average molecular weight is 504 g/mol. The van der Waals surface area contributed by atoms with Crippen LogP contribution in [0.15, 0.2) is 103 Å². The van der Waals surface area contributed by atoms with Gasteiger partial charge in [0.2, 0.25) is 5.91 Å². The number of pyridine rings is 1. The first-order valence-corrected chi connectivity index (χ1v) is 12.5. The molecule has 5 heteroatoms. The number of nitrogens with zero attached hydrogens (tertiary/aromatic N) is 3. The van der Waals surface area contributed by atoms with Gasteiger partial charge in [0, 0.05) is 29.9 Å². The SMILES string of the molecule is C=C/C=C\C(=C/C)c1ccc2ncc3c#cc(=O)n(C(/C=C\C(C)C)=C/C(=C)N(CC)C(=O)C=C)c3c2c1. The number of fused-ring (bicyclic) bond motifs is 3. The zero-order valence-corrected chi connectivity index (χ0v) is 22.5. The molecule has 3 aromatic rings. The number of carbonyl (C=O) groups is 1. The van der Waals surface area contributed by atoms with Crippen molar-refractivity contribution in [1.29, 1.82) is 0 Å². The molecule has 1 amide bonds. The van der Waals surface area contributed by atoms with Gasteiger partial charge in [-0.2, -0.15) is 0 Å². The van der Waals surface area contributed by atoms with E-state index in [2.05, 4.69) is 50.7 Å². The van der Waals surface area contributed by atoms with Crippen molar-refractivity contribution in [3.63, 3.8) is 0 Å². The standard InChI is InChI=1S/C33H33N3O2/c1-8-12-13-25(9-2)26-15-18-30-29(21-26)33-27(22-34-30)16-19-32(38)36(33)28(17-14-23(5)6)20-24(7)35(11-4)31(37)10-3/h8-10,12-15,17-18,20-23H,1,3,7,11H2,2,4-6H3/b13-12-,17-14-,25-9+,28-20+. The lowest BCUT2D eigenvalue weighted by molar-refractivity contribution is -0.123. The molecule has 1 aromatic carbocycles. The fourth-order valence-electron chi connectivity index (χ4n) is 4.08. The summed E-state index contributed by atoms with van der Waals surface area (Å²) < 4.78 is 1.59. The lowest BCUT2D eigenvalue weighted by atomic mass is 10.0. The van der Waals surface area contributed by atoms with Crippen LogP contribution in [0.25, 0.3) is 33.1 Å². The Balaban J connectivity index is 2.41. The third-order valence-corrected chi connectivity index (χ3v) is 5.95. The van der Waals surface area contributed by atoms with E-state index in [1.54, 1.807) is 22.9 Å². The van der Waals surface area contributed by atoms with Gasteiger partial charge in [-0.05, 0) is 61.3 Å². The molecule has 0 saturated heterocycles. The van der Waals surface area contributed by atoms with Gasteiger partial charge in [0.05, 0.1) is 22.1 Å². The Morgan fingerprint density at radius 2 is 1.97 bits per heavy atom. The average Bonchev–Trinajstić information content (AvgIpc) is 2.91. The summed E-state index contributed by atoms with van der Waals surface area (Å²) in [6.07, 6.45) is 16.1. The van der Waals surface area contributed by atoms with Crippen molar-refractivity contribution in [2.24, 2.45) is 5.92 Å². The van der Waals surface area contributed by atoms with Gasteiger partial charge in [0.1, 0.15) is 0 Å². The molecule has 192 valence electrons. The van der Waals surface area contributed by atoms with E-state index in [4.69, 9.17) is 0 Å². The Kier molecular flexibility index (Phi) is 9.18. The molecule has 0 bridgehead atoms. The summed E-state index contributed by atoms with van der Waals surface area (Å²) in [5.41, 5.74) is 3.98. The summed E-state index contributed by atoms with van der Waals surface area (Å²) in [6.45, 7) is 19.8. The van der Waals surface area contributed by atoms with Gasteiger partial charge in [0.25, 0.3) is 0 Å². The molecule has 5 nitrogen and oxygen atoms in total. The maximum atomic E-state index is 13.4. The van der Waals surface area contributed by atoms with Gasteiger partial charge in [-0.3, -0.25) is 19.1 Å². The van der Waals surface area contributed by atoms with Crippen molar-refractivity contribution in [3.05, 3.63) is 126 Å². The van der Waals surface area contributed by atoms with Crippen LogP contribution in [0.4, 0.5) is 0 Å². The molecule has 0 aliphatic heterocycles. The fraction of sp³-hybridized carbons (Fsp3) is 0.182. The number of rotatable bonds is 10. The predicted octanol–water partition coefficient (Wildman–Crippen LogP) is 6.90. The van der Waals surface area contributed by atoms with Crippen molar-refractivity contribution in [2.75, 3.05) is 6.54 Å². The van der Waals surface area contributed by atoms with Gasteiger partial charge in [0.15, 0.2) is 0 Å². The fourth-order valence-corrected chi connectivity index (χ4v) is 4.08. The smallest absolute Gasteiger partial charge is 0.307 e. The van der Waals surface area contributed by atoms with Crippen molar-refractivity contribution < 1.29 is 4.79 Å². The minimum Gasteiger partial charge on any atom is -0.310 e. The molecule has 0 unspecified atom stereocenters. The zero-order valence-electron chi connectivity index (χ0n) is 22.5. The third-order valence-electron chi connectivity index (χ3n) is 5.95. The van der Waals surface area contributed by atoms with Crippen LogP contribution < -0.4 is 5.56 Å². The van der Waals surface area contributed by atoms with E-state index in [1.807, 2.05) is 62.4 Å². The Labute approximate surface area is 224 Å². The topological polar surface area (TPSA) is 55.2 Å². The van der Waals surface area contributed by atoms with Crippen LogP contribution in [0.2, 0.25) is 0 Å². The minimum atomic E-state index is -0.376. The van der Waals surface area contributed by atoms with Crippen LogP contribution in [0.3, 0.4) is 0 Å². The highest BCUT2D eigenvalue weighted by molar-refractivity contribution is 6.05. The maximum Gasteiger partial charge on any atom is 0.307 e. The van der Waals surface area contributed by atoms with Crippen molar-refractivity contribution in [1.82, 2.24) is 14.5 Å². The van der Waals surface area contributed by atoms with Crippen molar-refractivity contribution in [2.45, 2.75) is 27.7 Å². The number of likely N-dealkylation sites (N-methyl/N-ethyl adjacent to an activating group) is 1. The van der Waals surface area contributed by atoms with Gasteiger partial charge in [-0.25, -0.2) is 0 Å². The monoisotopic (exact) mass is 503 g/mol. The third kappa shape index (κ3) is 5.99. The summed E-state index contributed by atoms with van der Waals surface area (Å²) in [5, 5.41) is 1.43. The van der Waals surface area contributed by atoms with E-state index in [0.29, 0.717) is 28.8 Å². The molecule has 0 spiro atoms. The number of hydrogen-bond acceptors (Lipinski definition) is 3. The molecule has 0 aliphatic carbocycles. The highest BCUT2D eigenvalue weighted by Crippen LogP contribution is 2.28. The van der Waals surface area contributed by atoms with E-state index >= 15 is 0 Å². The second-order valence-corrected chi connectivity index (χ2v) is 8.93. The van der Waals surface area contributed by atoms with Crippen molar-refractivity contribution >= 4 is 39.0 Å². The zero-order chi connectivity index (χ0) is 27.8. The number of carbonyl (C=O) groups excluding carboxylic acids is 1. The van der Waals surface area contributed by atoms with Gasteiger partial charge >= 0.3 is 5.56 Å². The molecule has 0 atom stereocenters. The van der Waals surface area contributed by atoms with Gasteiger partial charge in [-0.1, -0.05) is 76.1 Å². The maximum absolute atomic E-state index is 13.4. The molecule has 2 heterocycles. The number of amides is 1. The Hall–Kier alpha value is -4.69. The first-order chi connectivity index (χ1) is 18.2. The van der Waals surface area contributed by atoms with Gasteiger partial charge in [-0.15, -0.1) is 0 Å². The first-order valence-electron chi connectivity index (χ1n) is 12.5. The van der Waals surface area contributed by atoms with Gasteiger partial charge < -0.3 is 4.90 Å². The number of benzene rings is 1. The highest BCUT2D eigenvalue weighted by atomic mass is 16.2. The van der Waals surface area contributed by atoms with E-state index in [-0.39, 0.29) is 17.4 Å². The van der Waals surface area contributed by atoms with Crippen LogP contribution >= 0.6 is 0 Å². The Morgan fingerprint density at radius 3 is 2.61 bits per heavy atom. The summed E-state index contributed by atoms with van der Waals surface area (Å²) in [6, 6.07) is 11.6. The molecule has 0 aliphatic rings. The second kappa shape index (κ2) is 12.5.